The lowest BCUT2D eigenvalue weighted by atomic mass is 10.1. The maximum atomic E-state index is 12.1. The fourth-order valence-electron chi connectivity index (χ4n) is 2.84. The van der Waals surface area contributed by atoms with Gasteiger partial charge in [-0.25, -0.2) is 10.8 Å². The lowest BCUT2D eigenvalue weighted by Crippen LogP contribution is -2.49. The summed E-state index contributed by atoms with van der Waals surface area (Å²) in [5.74, 6) is 4.51. The Kier molecular flexibility index (Phi) is 14.7. The first kappa shape index (κ1) is 26.5. The first-order valence-corrected chi connectivity index (χ1v) is 10.8. The molecule has 0 aliphatic heterocycles. The smallest absolute Gasteiger partial charge is 0.244 e. The predicted molar refractivity (Wildman–Crippen MR) is 123 cm³/mol. The van der Waals surface area contributed by atoms with Crippen LogP contribution in [0.5, 0.6) is 0 Å². The summed E-state index contributed by atoms with van der Waals surface area (Å²) in [5.41, 5.74) is 9.63. The Morgan fingerprint density at radius 3 is 2.45 bits per heavy atom. The van der Waals surface area contributed by atoms with E-state index >= 15 is 0 Å². The number of hydrogen-bond donors (Lipinski definition) is 7. The number of nitrogens with one attached hydrogen (secondary N) is 4. The standard InChI is InChI=1S/C21H37N7O3/c22-11-4-13-24-12-1-2-14-25-21(31)19(15-29)28-20(30)6-3-5-17-7-9-18(10-8-17)26-16-27-23/h7-10,16,19,24,29H,1-6,11-15,22-23H2,(H,25,31)(H,26,27)(H,28,30)/t19-/m0/s1. The molecule has 0 aliphatic carbocycles. The van der Waals surface area contributed by atoms with Gasteiger partial charge in [0.05, 0.1) is 12.3 Å². The summed E-state index contributed by atoms with van der Waals surface area (Å²) in [7, 11) is 0. The van der Waals surface area contributed by atoms with Gasteiger partial charge in [0.2, 0.25) is 11.8 Å². The van der Waals surface area contributed by atoms with E-state index < -0.39 is 12.6 Å². The number of carbonyl (C=O) groups is 2. The number of amides is 2. The van der Waals surface area contributed by atoms with Crippen molar-refractivity contribution in [3.05, 3.63) is 29.8 Å². The third-order valence-electron chi connectivity index (χ3n) is 4.57. The number of aryl methyl sites for hydroxylation is 1. The van der Waals surface area contributed by atoms with Crippen LogP contribution < -0.4 is 33.0 Å². The molecule has 0 radical (unpaired) electrons. The van der Waals surface area contributed by atoms with E-state index in [4.69, 9.17) is 11.6 Å². The van der Waals surface area contributed by atoms with Gasteiger partial charge in [-0.1, -0.05) is 12.1 Å². The average molecular weight is 436 g/mol. The van der Waals surface area contributed by atoms with Crippen LogP contribution in [0.1, 0.15) is 37.7 Å². The quantitative estimate of drug-likeness (QED) is 0.0566. The summed E-state index contributed by atoms with van der Waals surface area (Å²) in [6.07, 6.45) is 5.73. The summed E-state index contributed by atoms with van der Waals surface area (Å²) in [4.78, 5) is 28.4. The second kappa shape index (κ2) is 17.2. The van der Waals surface area contributed by atoms with Gasteiger partial charge in [0.25, 0.3) is 0 Å². The van der Waals surface area contributed by atoms with Crippen molar-refractivity contribution in [2.75, 3.05) is 32.8 Å². The minimum Gasteiger partial charge on any atom is -0.394 e. The van der Waals surface area contributed by atoms with Crippen molar-refractivity contribution in [3.8, 4) is 0 Å². The van der Waals surface area contributed by atoms with Gasteiger partial charge in [-0.15, -0.1) is 0 Å². The van der Waals surface area contributed by atoms with E-state index in [9.17, 15) is 14.7 Å². The zero-order valence-corrected chi connectivity index (χ0v) is 18.1. The SMILES string of the molecule is NCCCNCCCCNC(=O)[C@H](CO)NC(=O)CCCc1ccc(N=CNN)cc1. The Morgan fingerprint density at radius 2 is 1.77 bits per heavy atom. The second-order valence-corrected chi connectivity index (χ2v) is 7.14. The number of rotatable bonds is 17. The molecule has 0 heterocycles. The summed E-state index contributed by atoms with van der Waals surface area (Å²) in [5, 5.41) is 18.1. The molecule has 1 aromatic rings. The molecule has 0 unspecified atom stereocenters. The molecular weight excluding hydrogens is 398 g/mol. The van der Waals surface area contributed by atoms with E-state index in [-0.39, 0.29) is 18.2 Å². The molecule has 9 N–H and O–H groups in total. The molecule has 31 heavy (non-hydrogen) atoms. The van der Waals surface area contributed by atoms with Gasteiger partial charge in [-0.05, 0) is 69.4 Å². The average Bonchev–Trinajstić information content (AvgIpc) is 2.78. The van der Waals surface area contributed by atoms with Crippen LogP contribution in [0.2, 0.25) is 0 Å². The molecule has 0 spiro atoms. The van der Waals surface area contributed by atoms with Gasteiger partial charge < -0.3 is 32.2 Å². The number of aliphatic hydroxyl groups is 1. The van der Waals surface area contributed by atoms with E-state index in [1.165, 1.54) is 6.34 Å². The minimum absolute atomic E-state index is 0.256. The highest BCUT2D eigenvalue weighted by molar-refractivity contribution is 5.87. The van der Waals surface area contributed by atoms with Crippen molar-refractivity contribution in [1.82, 2.24) is 21.4 Å². The van der Waals surface area contributed by atoms with Crippen LogP contribution in [0.3, 0.4) is 0 Å². The van der Waals surface area contributed by atoms with Crippen molar-refractivity contribution in [2.24, 2.45) is 16.6 Å². The number of nitrogens with two attached hydrogens (primary N) is 2. The Bertz CT molecular complexity index is 653. The molecule has 0 saturated heterocycles. The summed E-state index contributed by atoms with van der Waals surface area (Å²) in [6.45, 7) is 2.52. The minimum atomic E-state index is -0.927. The zero-order valence-electron chi connectivity index (χ0n) is 18.1. The molecule has 1 aromatic carbocycles. The van der Waals surface area contributed by atoms with Crippen molar-refractivity contribution >= 4 is 23.8 Å². The van der Waals surface area contributed by atoms with E-state index in [1.807, 2.05) is 24.3 Å². The van der Waals surface area contributed by atoms with E-state index in [0.717, 1.165) is 50.0 Å². The molecule has 1 rings (SSSR count). The highest BCUT2D eigenvalue weighted by atomic mass is 16.3. The van der Waals surface area contributed by atoms with Crippen LogP contribution in [-0.4, -0.2) is 62.1 Å². The first-order valence-electron chi connectivity index (χ1n) is 10.8. The fourth-order valence-corrected chi connectivity index (χ4v) is 2.84. The van der Waals surface area contributed by atoms with Gasteiger partial charge in [0.15, 0.2) is 0 Å². The van der Waals surface area contributed by atoms with Crippen LogP contribution >= 0.6 is 0 Å². The molecule has 10 heteroatoms. The second-order valence-electron chi connectivity index (χ2n) is 7.14. The Hall–Kier alpha value is -2.53. The lowest BCUT2D eigenvalue weighted by molar-refractivity contribution is -0.130. The third kappa shape index (κ3) is 12.7. The van der Waals surface area contributed by atoms with Gasteiger partial charge >= 0.3 is 0 Å². The summed E-state index contributed by atoms with van der Waals surface area (Å²) in [6, 6.07) is 6.69. The van der Waals surface area contributed by atoms with Gasteiger partial charge in [0, 0.05) is 13.0 Å². The molecule has 10 nitrogen and oxygen atoms in total. The van der Waals surface area contributed by atoms with Gasteiger partial charge in [0.1, 0.15) is 12.4 Å². The summed E-state index contributed by atoms with van der Waals surface area (Å²) < 4.78 is 0. The molecule has 0 fully saturated rings. The monoisotopic (exact) mass is 435 g/mol. The van der Waals surface area contributed by atoms with E-state index in [2.05, 4.69) is 26.4 Å². The van der Waals surface area contributed by atoms with Crippen LogP contribution in [-0.2, 0) is 16.0 Å². The van der Waals surface area contributed by atoms with Crippen LogP contribution in [0.4, 0.5) is 5.69 Å². The summed E-state index contributed by atoms with van der Waals surface area (Å²) >= 11 is 0. The molecule has 1 atom stereocenters. The Balaban J connectivity index is 2.21. The number of hydrogen-bond acceptors (Lipinski definition) is 7. The van der Waals surface area contributed by atoms with Crippen molar-refractivity contribution < 1.29 is 14.7 Å². The third-order valence-corrected chi connectivity index (χ3v) is 4.57. The number of nitrogens with zero attached hydrogens (tertiary/aromatic N) is 1. The highest BCUT2D eigenvalue weighted by Crippen LogP contribution is 2.14. The maximum Gasteiger partial charge on any atom is 0.244 e. The maximum absolute atomic E-state index is 12.1. The Morgan fingerprint density at radius 1 is 1.06 bits per heavy atom. The number of aliphatic imine (C=N–C) groups is 1. The largest absolute Gasteiger partial charge is 0.394 e. The normalized spacial score (nSPS) is 12.0. The van der Waals surface area contributed by atoms with E-state index in [0.29, 0.717) is 19.5 Å². The van der Waals surface area contributed by atoms with Crippen molar-refractivity contribution in [2.45, 2.75) is 44.6 Å². The molecule has 0 bridgehead atoms. The van der Waals surface area contributed by atoms with Crippen molar-refractivity contribution in [1.29, 1.82) is 0 Å². The molecule has 2 amide bonds. The topological polar surface area (TPSA) is 167 Å². The number of carbonyl (C=O) groups excluding carboxylic acids is 2. The number of hydrazine groups is 1. The molecule has 174 valence electrons. The predicted octanol–water partition coefficient (Wildman–Crippen LogP) is -0.556. The number of benzene rings is 1. The number of unbranched alkanes of at least 4 members (excludes halogenated alkanes) is 1. The molecule has 0 saturated carbocycles. The van der Waals surface area contributed by atoms with Crippen molar-refractivity contribution in [3.63, 3.8) is 0 Å². The number of aliphatic hydroxyl groups excluding tert-OH is 1. The molecule has 0 aliphatic rings. The molecular formula is C21H37N7O3. The fraction of sp³-hybridized carbons (Fsp3) is 0.571. The highest BCUT2D eigenvalue weighted by Gasteiger charge is 2.19. The van der Waals surface area contributed by atoms with Gasteiger partial charge in [-0.3, -0.25) is 9.59 Å². The van der Waals surface area contributed by atoms with Crippen LogP contribution in [0.25, 0.3) is 0 Å². The lowest BCUT2D eigenvalue weighted by Gasteiger charge is -2.16. The van der Waals surface area contributed by atoms with E-state index in [1.54, 1.807) is 0 Å². The molecule has 0 aromatic heterocycles. The van der Waals surface area contributed by atoms with Crippen LogP contribution in [0.15, 0.2) is 29.3 Å². The zero-order chi connectivity index (χ0) is 22.7. The van der Waals surface area contributed by atoms with Crippen LogP contribution in [0, 0.1) is 0 Å². The van der Waals surface area contributed by atoms with Gasteiger partial charge in [-0.2, -0.15) is 0 Å². The Labute approximate surface area is 184 Å². The first-order chi connectivity index (χ1) is 15.1.